The number of rotatable bonds is 10. The Morgan fingerprint density at radius 3 is 2.20 bits per heavy atom. The number of methoxy groups -OCH3 is 3. The van der Waals surface area contributed by atoms with Crippen LogP contribution in [0.4, 0.5) is 10.1 Å². The molecule has 0 radical (unpaired) electrons. The lowest BCUT2D eigenvalue weighted by Gasteiger charge is -2.36. The Labute approximate surface area is 291 Å². The van der Waals surface area contributed by atoms with E-state index < -0.39 is 0 Å². The van der Waals surface area contributed by atoms with E-state index in [1.807, 2.05) is 18.2 Å². The number of hydrogen-bond acceptors (Lipinski definition) is 7. The highest BCUT2D eigenvalue weighted by Crippen LogP contribution is 2.43. The normalized spacial score (nSPS) is 28.2. The molecule has 10 heteroatoms. The largest absolute Gasteiger partial charge is 0.497 e. The zero-order chi connectivity index (χ0) is 34.7. The van der Waals surface area contributed by atoms with Crippen LogP contribution < -0.4 is 9.64 Å². The van der Waals surface area contributed by atoms with Crippen LogP contribution in [0.5, 0.6) is 5.75 Å². The van der Waals surface area contributed by atoms with E-state index in [1.165, 1.54) is 5.56 Å². The van der Waals surface area contributed by atoms with E-state index in [2.05, 4.69) is 26.8 Å². The molecule has 2 aromatic rings. The second-order valence-corrected chi connectivity index (χ2v) is 14.9. The van der Waals surface area contributed by atoms with E-state index in [9.17, 15) is 14.0 Å². The van der Waals surface area contributed by atoms with Gasteiger partial charge in [0.05, 0.1) is 25.7 Å². The number of hydrogen-bond donors (Lipinski definition) is 0. The molecule has 2 amide bonds. The first-order valence-corrected chi connectivity index (χ1v) is 18.1. The van der Waals surface area contributed by atoms with Gasteiger partial charge in [-0.3, -0.25) is 14.5 Å². The van der Waals surface area contributed by atoms with Crippen LogP contribution in [0.2, 0.25) is 0 Å². The van der Waals surface area contributed by atoms with Gasteiger partial charge in [0.25, 0.3) is 0 Å². The average Bonchev–Trinajstić information content (AvgIpc) is 3.77. The summed E-state index contributed by atoms with van der Waals surface area (Å²) in [5, 5.41) is 0. The van der Waals surface area contributed by atoms with Crippen LogP contribution in [0.25, 0.3) is 0 Å². The quantitative estimate of drug-likeness (QED) is 0.350. The summed E-state index contributed by atoms with van der Waals surface area (Å²) < 4.78 is 31.7. The summed E-state index contributed by atoms with van der Waals surface area (Å²) in [6.45, 7) is 4.70. The fourth-order valence-corrected chi connectivity index (χ4v) is 9.08. The molecule has 3 aliphatic heterocycles. The highest BCUT2D eigenvalue weighted by atomic mass is 19.1. The lowest BCUT2D eigenvalue weighted by atomic mass is 9.87. The topological polar surface area (TPSA) is 74.8 Å². The summed E-state index contributed by atoms with van der Waals surface area (Å²) in [7, 11) is 8.80. The van der Waals surface area contributed by atoms with Gasteiger partial charge in [-0.2, -0.15) is 0 Å². The molecule has 268 valence electrons. The van der Waals surface area contributed by atoms with Crippen LogP contribution in [0.3, 0.4) is 0 Å². The number of likely N-dealkylation sites (tertiary alicyclic amines) is 2. The number of amides is 2. The van der Waals surface area contributed by atoms with Crippen molar-refractivity contribution in [2.24, 2.45) is 17.8 Å². The molecule has 3 heterocycles. The standard InChI is InChI=1S/C39H55FN4O5/c1-41(2)38(45)27-16-18-42(19-17-27)37-20-29(40)8-15-33(37)35-23-44(21-28(35)25-47-3)39(46)36-24-43(30-9-13-32(49-5)14-10-30)22-34(36)26-6-11-31(48-4)12-7-26/h6-8,11-12,15,20,27-28,30,32,34-36H,9-10,13-14,16-19,21-25H2,1-5H3/t28-,30?,32?,34+,35+,36-/m1/s1. The van der Waals surface area contributed by atoms with E-state index in [4.69, 9.17) is 14.2 Å². The van der Waals surface area contributed by atoms with Gasteiger partial charge in [-0.15, -0.1) is 0 Å². The minimum atomic E-state index is -0.271. The summed E-state index contributed by atoms with van der Waals surface area (Å²) in [4.78, 5) is 35.9. The van der Waals surface area contributed by atoms with Gasteiger partial charge in [-0.1, -0.05) is 18.2 Å². The molecule has 0 aromatic heterocycles. The van der Waals surface area contributed by atoms with Gasteiger partial charge in [-0.05, 0) is 73.9 Å². The molecule has 4 atom stereocenters. The van der Waals surface area contributed by atoms with Crippen LogP contribution in [0, 0.1) is 23.6 Å². The van der Waals surface area contributed by atoms with Crippen LogP contribution in [0.15, 0.2) is 42.5 Å². The minimum Gasteiger partial charge on any atom is -0.497 e. The Hall–Kier alpha value is -3.21. The van der Waals surface area contributed by atoms with Crippen molar-refractivity contribution in [3.8, 4) is 5.75 Å². The predicted octanol–water partition coefficient (Wildman–Crippen LogP) is 5.00. The second kappa shape index (κ2) is 15.8. The van der Waals surface area contributed by atoms with Crippen LogP contribution in [0.1, 0.15) is 61.5 Å². The van der Waals surface area contributed by atoms with Crippen molar-refractivity contribution in [1.82, 2.24) is 14.7 Å². The first-order valence-electron chi connectivity index (χ1n) is 18.1. The lowest BCUT2D eigenvalue weighted by Crippen LogP contribution is -2.41. The molecular formula is C39H55FN4O5. The molecule has 1 saturated carbocycles. The van der Waals surface area contributed by atoms with E-state index in [1.54, 1.807) is 52.5 Å². The number of piperidine rings is 1. The van der Waals surface area contributed by atoms with Crippen LogP contribution in [-0.4, -0.2) is 120 Å². The molecule has 4 fully saturated rings. The molecule has 0 spiro atoms. The lowest BCUT2D eigenvalue weighted by molar-refractivity contribution is -0.135. The molecular weight excluding hydrogens is 623 g/mol. The summed E-state index contributed by atoms with van der Waals surface area (Å²) in [6, 6.07) is 13.8. The number of benzene rings is 2. The SMILES string of the molecule is COC[C@H]1CN(C(=O)[C@@H]2CN(C3CCC(OC)CC3)C[C@H]2c2ccc(OC)cc2)C[C@@H]1c1ccc(F)cc1N1CCC(C(=O)N(C)C)CC1. The van der Waals surface area contributed by atoms with Crippen molar-refractivity contribution in [1.29, 1.82) is 0 Å². The number of nitrogens with zero attached hydrogens (tertiary/aromatic N) is 4. The summed E-state index contributed by atoms with van der Waals surface area (Å²) in [5.74, 6) is 0.926. The molecule has 1 aliphatic carbocycles. The molecule has 2 aromatic carbocycles. The van der Waals surface area contributed by atoms with Gasteiger partial charge in [0.1, 0.15) is 11.6 Å². The highest BCUT2D eigenvalue weighted by Gasteiger charge is 2.46. The smallest absolute Gasteiger partial charge is 0.227 e. The predicted molar refractivity (Wildman–Crippen MR) is 189 cm³/mol. The fraction of sp³-hybridized carbons (Fsp3) is 0.641. The summed E-state index contributed by atoms with van der Waals surface area (Å²) in [6.07, 6.45) is 6.09. The number of halogens is 1. The Morgan fingerprint density at radius 1 is 0.857 bits per heavy atom. The number of carbonyl (C=O) groups is 2. The molecule has 0 unspecified atom stereocenters. The van der Waals surface area contributed by atoms with Gasteiger partial charge in [0, 0.05) is 103 Å². The van der Waals surface area contributed by atoms with Gasteiger partial charge in [-0.25, -0.2) is 4.39 Å². The Bertz CT molecular complexity index is 1420. The second-order valence-electron chi connectivity index (χ2n) is 14.9. The molecule has 0 N–H and O–H groups in total. The van der Waals surface area contributed by atoms with Gasteiger partial charge in [0.15, 0.2) is 0 Å². The number of anilines is 1. The maximum absolute atomic E-state index is 14.8. The molecule has 4 aliphatic rings. The molecule has 6 rings (SSSR count). The van der Waals surface area contributed by atoms with Gasteiger partial charge in [0.2, 0.25) is 11.8 Å². The first kappa shape index (κ1) is 35.6. The monoisotopic (exact) mass is 678 g/mol. The van der Waals surface area contributed by atoms with Crippen molar-refractivity contribution in [2.45, 2.75) is 62.5 Å². The van der Waals surface area contributed by atoms with E-state index >= 15 is 0 Å². The molecule has 0 bridgehead atoms. The molecule has 49 heavy (non-hydrogen) atoms. The zero-order valence-corrected chi connectivity index (χ0v) is 30.0. The third-order valence-electron chi connectivity index (χ3n) is 11.9. The van der Waals surface area contributed by atoms with E-state index in [0.717, 1.165) is 68.6 Å². The van der Waals surface area contributed by atoms with Crippen molar-refractivity contribution in [3.63, 3.8) is 0 Å². The maximum Gasteiger partial charge on any atom is 0.227 e. The summed E-state index contributed by atoms with van der Waals surface area (Å²) in [5.41, 5.74) is 3.12. The van der Waals surface area contributed by atoms with E-state index in [0.29, 0.717) is 44.9 Å². The van der Waals surface area contributed by atoms with Gasteiger partial charge >= 0.3 is 0 Å². The van der Waals surface area contributed by atoms with E-state index in [-0.39, 0.29) is 47.2 Å². The summed E-state index contributed by atoms with van der Waals surface area (Å²) >= 11 is 0. The third-order valence-corrected chi connectivity index (χ3v) is 11.9. The Kier molecular flexibility index (Phi) is 11.5. The van der Waals surface area contributed by atoms with Crippen molar-refractivity contribution < 1.29 is 28.2 Å². The fourth-order valence-electron chi connectivity index (χ4n) is 9.08. The highest BCUT2D eigenvalue weighted by molar-refractivity contribution is 5.81. The van der Waals surface area contributed by atoms with Crippen molar-refractivity contribution in [3.05, 3.63) is 59.4 Å². The number of ether oxygens (including phenoxy) is 3. The first-order chi connectivity index (χ1) is 23.7. The molecule has 3 saturated heterocycles. The van der Waals surface area contributed by atoms with Crippen LogP contribution >= 0.6 is 0 Å². The molecule has 9 nitrogen and oxygen atoms in total. The van der Waals surface area contributed by atoms with Crippen molar-refractivity contribution in [2.75, 3.05) is 86.2 Å². The minimum absolute atomic E-state index is 0.0104. The van der Waals surface area contributed by atoms with Gasteiger partial charge < -0.3 is 28.9 Å². The number of carbonyl (C=O) groups excluding carboxylic acids is 2. The average molecular weight is 679 g/mol. The Balaban J connectivity index is 1.23. The van der Waals surface area contributed by atoms with Crippen LogP contribution in [-0.2, 0) is 19.1 Å². The Morgan fingerprint density at radius 2 is 1.57 bits per heavy atom. The zero-order valence-electron chi connectivity index (χ0n) is 30.0. The van der Waals surface area contributed by atoms with Crippen molar-refractivity contribution >= 4 is 17.5 Å². The maximum atomic E-state index is 14.8. The third kappa shape index (κ3) is 7.76.